The van der Waals surface area contributed by atoms with E-state index in [1.807, 2.05) is 31.2 Å². The van der Waals surface area contributed by atoms with Gasteiger partial charge in [-0.3, -0.25) is 4.99 Å². The standard InChI is InChI=1S/C15H12INO2/c1-10-8-11(15(18)19)6-7-14(10)17-9-12-4-2-3-5-13(12)16/h2-9H,1H3,(H,18,19). The molecule has 0 unspecified atom stereocenters. The van der Waals surface area contributed by atoms with E-state index in [0.29, 0.717) is 0 Å². The van der Waals surface area contributed by atoms with Crippen molar-refractivity contribution in [1.29, 1.82) is 0 Å². The molecular weight excluding hydrogens is 353 g/mol. The summed E-state index contributed by atoms with van der Waals surface area (Å²) in [6.07, 6.45) is 1.80. The monoisotopic (exact) mass is 365 g/mol. The Kier molecular flexibility index (Phi) is 4.31. The van der Waals surface area contributed by atoms with Crippen LogP contribution in [0.3, 0.4) is 0 Å². The Hall–Kier alpha value is -1.69. The first-order valence-electron chi connectivity index (χ1n) is 5.70. The van der Waals surface area contributed by atoms with Crippen molar-refractivity contribution in [3.8, 4) is 0 Å². The molecule has 0 bridgehead atoms. The van der Waals surface area contributed by atoms with Gasteiger partial charge in [-0.05, 0) is 59.3 Å². The number of hydrogen-bond acceptors (Lipinski definition) is 2. The highest BCUT2D eigenvalue weighted by Gasteiger charge is 2.04. The normalized spacial score (nSPS) is 10.8. The van der Waals surface area contributed by atoms with E-state index in [1.165, 1.54) is 0 Å². The maximum atomic E-state index is 10.8. The predicted molar refractivity (Wildman–Crippen MR) is 84.6 cm³/mol. The summed E-state index contributed by atoms with van der Waals surface area (Å²) in [6, 6.07) is 12.9. The molecule has 0 atom stereocenters. The molecule has 0 spiro atoms. The molecule has 0 heterocycles. The van der Waals surface area contributed by atoms with Crippen molar-refractivity contribution in [3.05, 3.63) is 62.7 Å². The molecule has 96 valence electrons. The Morgan fingerprint density at radius 2 is 2.00 bits per heavy atom. The third-order valence-electron chi connectivity index (χ3n) is 2.69. The van der Waals surface area contributed by atoms with Crippen LogP contribution in [-0.4, -0.2) is 17.3 Å². The maximum Gasteiger partial charge on any atom is 0.335 e. The molecule has 19 heavy (non-hydrogen) atoms. The summed E-state index contributed by atoms with van der Waals surface area (Å²) < 4.78 is 1.13. The van der Waals surface area contributed by atoms with Gasteiger partial charge < -0.3 is 5.11 Å². The highest BCUT2D eigenvalue weighted by atomic mass is 127. The van der Waals surface area contributed by atoms with Crippen LogP contribution in [0.2, 0.25) is 0 Å². The third kappa shape index (κ3) is 3.41. The van der Waals surface area contributed by atoms with Crippen LogP contribution in [0.15, 0.2) is 47.5 Å². The largest absolute Gasteiger partial charge is 0.478 e. The van der Waals surface area contributed by atoms with E-state index in [-0.39, 0.29) is 5.56 Å². The number of carboxylic acid groups (broad SMARTS) is 1. The van der Waals surface area contributed by atoms with Crippen molar-refractivity contribution >= 4 is 40.5 Å². The number of hydrogen-bond donors (Lipinski definition) is 1. The molecule has 0 radical (unpaired) electrons. The van der Waals surface area contributed by atoms with Gasteiger partial charge in [0.15, 0.2) is 0 Å². The summed E-state index contributed by atoms with van der Waals surface area (Å²) in [5.74, 6) is -0.920. The van der Waals surface area contributed by atoms with E-state index in [9.17, 15) is 4.79 Å². The van der Waals surface area contributed by atoms with Gasteiger partial charge in [0.2, 0.25) is 0 Å². The van der Waals surface area contributed by atoms with Crippen LogP contribution in [0.4, 0.5) is 5.69 Å². The zero-order valence-corrected chi connectivity index (χ0v) is 12.5. The van der Waals surface area contributed by atoms with E-state index in [1.54, 1.807) is 24.4 Å². The minimum Gasteiger partial charge on any atom is -0.478 e. The molecule has 4 heteroatoms. The SMILES string of the molecule is Cc1cc(C(=O)O)ccc1N=Cc1ccccc1I. The summed E-state index contributed by atoms with van der Waals surface area (Å²) >= 11 is 2.26. The summed E-state index contributed by atoms with van der Waals surface area (Å²) in [7, 11) is 0. The molecule has 0 saturated heterocycles. The topological polar surface area (TPSA) is 49.7 Å². The minimum atomic E-state index is -0.920. The van der Waals surface area contributed by atoms with E-state index < -0.39 is 5.97 Å². The van der Waals surface area contributed by atoms with Gasteiger partial charge in [0.1, 0.15) is 0 Å². The molecule has 2 aromatic carbocycles. The fraction of sp³-hybridized carbons (Fsp3) is 0.0667. The molecule has 2 aromatic rings. The van der Waals surface area contributed by atoms with Gasteiger partial charge in [-0.2, -0.15) is 0 Å². The highest BCUT2D eigenvalue weighted by molar-refractivity contribution is 14.1. The number of aromatic carboxylic acids is 1. The number of benzene rings is 2. The molecule has 0 aliphatic carbocycles. The minimum absolute atomic E-state index is 0.283. The molecule has 2 rings (SSSR count). The van der Waals surface area contributed by atoms with Gasteiger partial charge in [-0.1, -0.05) is 18.2 Å². The maximum absolute atomic E-state index is 10.8. The lowest BCUT2D eigenvalue weighted by Gasteiger charge is -2.02. The van der Waals surface area contributed by atoms with Crippen molar-refractivity contribution in [3.63, 3.8) is 0 Å². The highest BCUT2D eigenvalue weighted by Crippen LogP contribution is 2.20. The molecule has 3 nitrogen and oxygen atoms in total. The third-order valence-corrected chi connectivity index (χ3v) is 3.67. The van der Waals surface area contributed by atoms with Gasteiger partial charge in [-0.25, -0.2) is 4.79 Å². The molecule has 0 fully saturated rings. The van der Waals surface area contributed by atoms with Crippen LogP contribution in [0.5, 0.6) is 0 Å². The van der Waals surface area contributed by atoms with Crippen molar-refractivity contribution in [2.45, 2.75) is 6.92 Å². The molecule has 0 aromatic heterocycles. The Morgan fingerprint density at radius 3 is 2.63 bits per heavy atom. The number of carboxylic acids is 1. The van der Waals surface area contributed by atoms with Gasteiger partial charge in [0, 0.05) is 15.3 Å². The van der Waals surface area contributed by atoms with Gasteiger partial charge >= 0.3 is 5.97 Å². The molecule has 0 saturated carbocycles. The Bertz CT molecular complexity index is 650. The quantitative estimate of drug-likeness (QED) is 0.659. The number of carbonyl (C=O) groups is 1. The van der Waals surface area contributed by atoms with Crippen molar-refractivity contribution in [2.75, 3.05) is 0 Å². The number of aliphatic imine (C=N–C) groups is 1. The molecular formula is C15H12INO2. The van der Waals surface area contributed by atoms with Crippen LogP contribution in [-0.2, 0) is 0 Å². The zero-order chi connectivity index (χ0) is 13.8. The predicted octanol–water partition coefficient (Wildman–Crippen LogP) is 4.05. The average Bonchev–Trinajstić information content (AvgIpc) is 2.39. The fourth-order valence-electron chi connectivity index (χ4n) is 1.65. The van der Waals surface area contributed by atoms with Crippen molar-refractivity contribution in [1.82, 2.24) is 0 Å². The lowest BCUT2D eigenvalue weighted by Crippen LogP contribution is -1.96. The Balaban J connectivity index is 2.29. The first-order valence-corrected chi connectivity index (χ1v) is 6.78. The van der Waals surface area contributed by atoms with Crippen LogP contribution < -0.4 is 0 Å². The fourth-order valence-corrected chi connectivity index (χ4v) is 2.18. The second-order valence-corrected chi connectivity index (χ2v) is 5.25. The molecule has 0 amide bonds. The van der Waals surface area contributed by atoms with Crippen LogP contribution in [0.1, 0.15) is 21.5 Å². The summed E-state index contributed by atoms with van der Waals surface area (Å²) in [5, 5.41) is 8.91. The zero-order valence-electron chi connectivity index (χ0n) is 10.3. The van der Waals surface area contributed by atoms with Crippen LogP contribution in [0.25, 0.3) is 0 Å². The van der Waals surface area contributed by atoms with Gasteiger partial charge in [-0.15, -0.1) is 0 Å². The molecule has 0 aliphatic rings. The second-order valence-electron chi connectivity index (χ2n) is 4.09. The average molecular weight is 365 g/mol. The first-order chi connectivity index (χ1) is 9.08. The first kappa shape index (κ1) is 13.7. The van der Waals surface area contributed by atoms with Gasteiger partial charge in [0.25, 0.3) is 0 Å². The lowest BCUT2D eigenvalue weighted by atomic mass is 10.1. The van der Waals surface area contributed by atoms with Gasteiger partial charge in [0.05, 0.1) is 11.3 Å². The smallest absolute Gasteiger partial charge is 0.335 e. The summed E-state index contributed by atoms with van der Waals surface area (Å²) in [4.78, 5) is 15.3. The van der Waals surface area contributed by atoms with E-state index in [4.69, 9.17) is 5.11 Å². The summed E-state index contributed by atoms with van der Waals surface area (Å²) in [5.41, 5.74) is 2.96. The number of rotatable bonds is 3. The van der Waals surface area contributed by atoms with Crippen LogP contribution >= 0.6 is 22.6 Å². The Labute approximate surface area is 125 Å². The lowest BCUT2D eigenvalue weighted by molar-refractivity contribution is 0.0697. The van der Waals surface area contributed by atoms with Crippen LogP contribution in [0, 0.1) is 10.5 Å². The van der Waals surface area contributed by atoms with Crippen molar-refractivity contribution < 1.29 is 9.90 Å². The summed E-state index contributed by atoms with van der Waals surface area (Å²) in [6.45, 7) is 1.86. The number of aryl methyl sites for hydroxylation is 1. The van der Waals surface area contributed by atoms with Crippen molar-refractivity contribution in [2.24, 2.45) is 4.99 Å². The number of nitrogens with zero attached hydrogens (tertiary/aromatic N) is 1. The number of halogens is 1. The molecule has 0 aliphatic heterocycles. The van der Waals surface area contributed by atoms with E-state index in [0.717, 1.165) is 20.4 Å². The van der Waals surface area contributed by atoms with E-state index >= 15 is 0 Å². The van der Waals surface area contributed by atoms with E-state index in [2.05, 4.69) is 27.6 Å². The molecule has 1 N–H and O–H groups in total. The second kappa shape index (κ2) is 5.97. The Morgan fingerprint density at radius 1 is 1.26 bits per heavy atom.